The van der Waals surface area contributed by atoms with Gasteiger partial charge in [0.2, 0.25) is 0 Å². The number of nitrogens with zero attached hydrogens (tertiary/aromatic N) is 1. The van der Waals surface area contributed by atoms with Crippen LogP contribution in [0, 0.1) is 6.92 Å². The average molecular weight is 221 g/mol. The van der Waals surface area contributed by atoms with E-state index in [1.807, 2.05) is 13.8 Å². The molecule has 90 valence electrons. The number of anilines is 1. The van der Waals surface area contributed by atoms with Gasteiger partial charge in [-0.15, -0.1) is 0 Å². The van der Waals surface area contributed by atoms with Crippen LogP contribution < -0.4 is 4.90 Å². The first kappa shape index (κ1) is 13.0. The zero-order valence-electron chi connectivity index (χ0n) is 10.8. The van der Waals surface area contributed by atoms with Crippen molar-refractivity contribution in [1.82, 2.24) is 0 Å². The van der Waals surface area contributed by atoms with Crippen LogP contribution in [0.3, 0.4) is 0 Å². The van der Waals surface area contributed by atoms with Crippen molar-refractivity contribution in [2.24, 2.45) is 0 Å². The van der Waals surface area contributed by atoms with Gasteiger partial charge in [-0.05, 0) is 46.2 Å². The van der Waals surface area contributed by atoms with Crippen LogP contribution in [0.4, 0.5) is 5.69 Å². The van der Waals surface area contributed by atoms with Crippen LogP contribution >= 0.6 is 0 Å². The second kappa shape index (κ2) is 5.35. The highest BCUT2D eigenvalue weighted by atomic mass is 16.3. The molecule has 1 aromatic rings. The Kier molecular flexibility index (Phi) is 4.36. The molecule has 1 N–H and O–H groups in total. The fraction of sp³-hybridized carbons (Fsp3) is 0.571. The molecule has 2 heteroatoms. The van der Waals surface area contributed by atoms with Gasteiger partial charge >= 0.3 is 0 Å². The maximum atomic E-state index is 9.73. The van der Waals surface area contributed by atoms with Crippen LogP contribution in [0.2, 0.25) is 0 Å². The summed E-state index contributed by atoms with van der Waals surface area (Å²) in [5.41, 5.74) is 1.93. The van der Waals surface area contributed by atoms with Crippen molar-refractivity contribution in [3.63, 3.8) is 0 Å². The van der Waals surface area contributed by atoms with E-state index in [9.17, 15) is 5.11 Å². The van der Waals surface area contributed by atoms with Crippen molar-refractivity contribution >= 4 is 5.69 Å². The summed E-state index contributed by atoms with van der Waals surface area (Å²) in [5.74, 6) is 0. The first-order valence-electron chi connectivity index (χ1n) is 5.96. The molecule has 0 fully saturated rings. The van der Waals surface area contributed by atoms with Crippen molar-refractivity contribution in [3.8, 4) is 0 Å². The van der Waals surface area contributed by atoms with Gasteiger partial charge in [-0.2, -0.15) is 0 Å². The highest BCUT2D eigenvalue weighted by Gasteiger charge is 2.14. The molecule has 1 rings (SSSR count). The molecule has 0 aliphatic rings. The molecule has 0 bridgehead atoms. The molecule has 0 aliphatic carbocycles. The zero-order valence-corrected chi connectivity index (χ0v) is 10.8. The standard InChI is InChI=1S/C14H23NO/c1-5-15(11-10-14(3,4)16)13-8-6-12(2)7-9-13/h6-9,16H,5,10-11H2,1-4H3. The molecule has 1 aromatic carbocycles. The first-order chi connectivity index (χ1) is 7.42. The molecular formula is C14H23NO. The van der Waals surface area contributed by atoms with E-state index in [-0.39, 0.29) is 0 Å². The van der Waals surface area contributed by atoms with Crippen LogP contribution in [-0.4, -0.2) is 23.8 Å². The van der Waals surface area contributed by atoms with Crippen molar-refractivity contribution in [2.45, 2.75) is 39.7 Å². The molecule has 0 amide bonds. The molecule has 0 spiro atoms. The number of rotatable bonds is 5. The van der Waals surface area contributed by atoms with E-state index < -0.39 is 5.60 Å². The second-order valence-corrected chi connectivity index (χ2v) is 4.98. The summed E-state index contributed by atoms with van der Waals surface area (Å²) in [4.78, 5) is 2.29. The summed E-state index contributed by atoms with van der Waals surface area (Å²) < 4.78 is 0. The third kappa shape index (κ3) is 4.23. The number of hydrogen-bond acceptors (Lipinski definition) is 2. The fourth-order valence-electron chi connectivity index (χ4n) is 1.63. The number of hydrogen-bond donors (Lipinski definition) is 1. The minimum Gasteiger partial charge on any atom is -0.390 e. The average Bonchev–Trinajstić information content (AvgIpc) is 2.20. The van der Waals surface area contributed by atoms with Crippen LogP contribution in [0.15, 0.2) is 24.3 Å². The van der Waals surface area contributed by atoms with Crippen molar-refractivity contribution in [2.75, 3.05) is 18.0 Å². The van der Waals surface area contributed by atoms with Crippen LogP contribution in [-0.2, 0) is 0 Å². The highest BCUT2D eigenvalue weighted by molar-refractivity contribution is 5.47. The lowest BCUT2D eigenvalue weighted by atomic mass is 10.1. The van der Waals surface area contributed by atoms with E-state index in [0.717, 1.165) is 19.5 Å². The quantitative estimate of drug-likeness (QED) is 0.826. The predicted octanol–water partition coefficient (Wildman–Crippen LogP) is 2.98. The number of aliphatic hydroxyl groups is 1. The van der Waals surface area contributed by atoms with Gasteiger partial charge in [0.15, 0.2) is 0 Å². The Morgan fingerprint density at radius 2 is 1.75 bits per heavy atom. The Hall–Kier alpha value is -1.02. The summed E-state index contributed by atoms with van der Waals surface area (Å²) in [5, 5.41) is 9.73. The Morgan fingerprint density at radius 1 is 1.19 bits per heavy atom. The van der Waals surface area contributed by atoms with Gasteiger partial charge in [0.25, 0.3) is 0 Å². The van der Waals surface area contributed by atoms with Gasteiger partial charge in [-0.25, -0.2) is 0 Å². The summed E-state index contributed by atoms with van der Waals surface area (Å²) in [6, 6.07) is 8.54. The maximum absolute atomic E-state index is 9.73. The maximum Gasteiger partial charge on any atom is 0.0608 e. The lowest BCUT2D eigenvalue weighted by molar-refractivity contribution is 0.0731. The van der Waals surface area contributed by atoms with Crippen LogP contribution in [0.25, 0.3) is 0 Å². The normalized spacial score (nSPS) is 11.6. The predicted molar refractivity (Wildman–Crippen MR) is 70.0 cm³/mol. The molecule has 0 unspecified atom stereocenters. The summed E-state index contributed by atoms with van der Waals surface area (Å²) in [6.07, 6.45) is 0.786. The molecule has 16 heavy (non-hydrogen) atoms. The second-order valence-electron chi connectivity index (χ2n) is 4.98. The largest absolute Gasteiger partial charge is 0.390 e. The van der Waals surface area contributed by atoms with E-state index in [0.29, 0.717) is 0 Å². The first-order valence-corrected chi connectivity index (χ1v) is 5.96. The minimum absolute atomic E-state index is 0.585. The van der Waals surface area contributed by atoms with E-state index in [4.69, 9.17) is 0 Å². The lowest BCUT2D eigenvalue weighted by Gasteiger charge is -2.27. The van der Waals surface area contributed by atoms with Crippen molar-refractivity contribution in [1.29, 1.82) is 0 Å². The summed E-state index contributed by atoms with van der Waals surface area (Å²) in [6.45, 7) is 9.81. The van der Waals surface area contributed by atoms with Crippen LogP contribution in [0.1, 0.15) is 32.8 Å². The topological polar surface area (TPSA) is 23.5 Å². The highest BCUT2D eigenvalue weighted by Crippen LogP contribution is 2.17. The molecule has 0 heterocycles. The number of aryl methyl sites for hydroxylation is 1. The van der Waals surface area contributed by atoms with Crippen LogP contribution in [0.5, 0.6) is 0 Å². The Balaban J connectivity index is 2.64. The van der Waals surface area contributed by atoms with Gasteiger partial charge < -0.3 is 10.0 Å². The summed E-state index contributed by atoms with van der Waals surface area (Å²) >= 11 is 0. The lowest BCUT2D eigenvalue weighted by Crippen LogP contribution is -2.30. The fourth-order valence-corrected chi connectivity index (χ4v) is 1.63. The molecule has 0 radical (unpaired) electrons. The van der Waals surface area contributed by atoms with Crippen molar-refractivity contribution in [3.05, 3.63) is 29.8 Å². The molecule has 0 saturated carbocycles. The molecule has 0 saturated heterocycles. The Morgan fingerprint density at radius 3 is 2.19 bits per heavy atom. The minimum atomic E-state index is -0.585. The third-order valence-corrected chi connectivity index (χ3v) is 2.77. The van der Waals surface area contributed by atoms with Gasteiger partial charge in [0.05, 0.1) is 5.60 Å². The number of benzene rings is 1. The molecular weight excluding hydrogens is 198 g/mol. The Bertz CT molecular complexity index is 311. The zero-order chi connectivity index (χ0) is 12.2. The van der Waals surface area contributed by atoms with Gasteiger partial charge in [-0.3, -0.25) is 0 Å². The van der Waals surface area contributed by atoms with E-state index in [2.05, 4.69) is 43.0 Å². The van der Waals surface area contributed by atoms with Gasteiger partial charge in [0.1, 0.15) is 0 Å². The van der Waals surface area contributed by atoms with Gasteiger partial charge in [0, 0.05) is 18.8 Å². The SMILES string of the molecule is CCN(CCC(C)(C)O)c1ccc(C)cc1. The van der Waals surface area contributed by atoms with Gasteiger partial charge in [-0.1, -0.05) is 17.7 Å². The molecule has 0 atom stereocenters. The van der Waals surface area contributed by atoms with E-state index >= 15 is 0 Å². The van der Waals surface area contributed by atoms with Crippen molar-refractivity contribution < 1.29 is 5.11 Å². The van der Waals surface area contributed by atoms with E-state index in [1.165, 1.54) is 11.3 Å². The van der Waals surface area contributed by atoms with E-state index in [1.54, 1.807) is 0 Å². The molecule has 2 nitrogen and oxygen atoms in total. The smallest absolute Gasteiger partial charge is 0.0608 e. The molecule has 0 aromatic heterocycles. The third-order valence-electron chi connectivity index (χ3n) is 2.77. The summed E-state index contributed by atoms with van der Waals surface area (Å²) in [7, 11) is 0. The molecule has 0 aliphatic heterocycles. The monoisotopic (exact) mass is 221 g/mol. The Labute approximate surface area is 98.9 Å².